The molecule has 1 N–H and O–H groups in total. The van der Waals surface area contributed by atoms with Crippen LogP contribution < -0.4 is 0 Å². The molecule has 2 atom stereocenters. The van der Waals surface area contributed by atoms with E-state index in [1.165, 1.54) is 64.2 Å². The van der Waals surface area contributed by atoms with E-state index in [1.807, 2.05) is 28.1 Å². The van der Waals surface area contributed by atoms with Crippen molar-refractivity contribution in [1.29, 1.82) is 0 Å². The van der Waals surface area contributed by atoms with Crippen molar-refractivity contribution >= 4 is 7.60 Å². The van der Waals surface area contributed by atoms with Crippen LogP contribution in [0.25, 0.3) is 0 Å². The molecule has 0 aromatic heterocycles. The van der Waals surface area contributed by atoms with Crippen LogP contribution >= 0.6 is 7.60 Å². The summed E-state index contributed by atoms with van der Waals surface area (Å²) >= 11 is 0. The Bertz CT molecular complexity index is 418. The first-order chi connectivity index (χ1) is 12.8. The van der Waals surface area contributed by atoms with Gasteiger partial charge in [-0.3, -0.25) is 4.57 Å². The standard InChI is InChI=1S/C22H46NO3P/c1-6-8-9-10-11-12-13-14-15-16-17-18-19-20-21-26-27(24,25)22(7-2)23(3,4)5/h13-14,22H,6-12,15-21H2,1-5H3/p+1/b14-13-. The fraction of sp³-hybridized carbons (Fsp3) is 0.909. The summed E-state index contributed by atoms with van der Waals surface area (Å²) in [6.07, 6.45) is 20.1. The SMILES string of the molecule is CCCCCCC/C=C\CCCCCCCOP(=O)(O)C(CC)[N+](C)(C)C. The summed E-state index contributed by atoms with van der Waals surface area (Å²) in [5.74, 6) is -0.351. The number of hydrogen-bond donors (Lipinski definition) is 1. The van der Waals surface area contributed by atoms with E-state index in [2.05, 4.69) is 19.1 Å². The van der Waals surface area contributed by atoms with Crippen LogP contribution in [0.4, 0.5) is 0 Å². The van der Waals surface area contributed by atoms with E-state index in [-0.39, 0.29) is 5.78 Å². The van der Waals surface area contributed by atoms with Crippen LogP contribution in [-0.2, 0) is 9.09 Å². The molecule has 0 bridgehead atoms. The summed E-state index contributed by atoms with van der Waals surface area (Å²) in [6, 6.07) is 0. The fourth-order valence-electron chi connectivity index (χ4n) is 3.49. The summed E-state index contributed by atoms with van der Waals surface area (Å²) in [7, 11) is 2.29. The Morgan fingerprint density at radius 1 is 0.852 bits per heavy atom. The Kier molecular flexibility index (Phi) is 15.6. The van der Waals surface area contributed by atoms with Crippen molar-refractivity contribution in [2.24, 2.45) is 0 Å². The molecule has 0 rings (SSSR count). The third-order valence-electron chi connectivity index (χ3n) is 5.07. The molecule has 0 aliphatic heterocycles. The van der Waals surface area contributed by atoms with Gasteiger partial charge in [0.05, 0.1) is 27.7 Å². The lowest BCUT2D eigenvalue weighted by molar-refractivity contribution is -0.883. The molecular weight excluding hydrogens is 357 g/mol. The van der Waals surface area contributed by atoms with Crippen molar-refractivity contribution in [2.75, 3.05) is 27.7 Å². The van der Waals surface area contributed by atoms with Crippen molar-refractivity contribution in [1.82, 2.24) is 0 Å². The quantitative estimate of drug-likeness (QED) is 0.117. The lowest BCUT2D eigenvalue weighted by Crippen LogP contribution is -2.44. The van der Waals surface area contributed by atoms with E-state index >= 15 is 0 Å². The van der Waals surface area contributed by atoms with Crippen LogP contribution in [0.15, 0.2) is 12.2 Å². The minimum absolute atomic E-state index is 0.351. The number of nitrogens with zero attached hydrogens (tertiary/aromatic N) is 1. The van der Waals surface area contributed by atoms with Gasteiger partial charge in [0.15, 0.2) is 5.78 Å². The highest BCUT2D eigenvalue weighted by molar-refractivity contribution is 7.53. The van der Waals surface area contributed by atoms with Crippen molar-refractivity contribution in [2.45, 2.75) is 103 Å². The molecule has 0 spiro atoms. The van der Waals surface area contributed by atoms with Crippen LogP contribution in [0.2, 0.25) is 0 Å². The monoisotopic (exact) mass is 404 g/mol. The Morgan fingerprint density at radius 2 is 1.33 bits per heavy atom. The minimum atomic E-state index is -3.55. The zero-order chi connectivity index (χ0) is 20.6. The van der Waals surface area contributed by atoms with Gasteiger partial charge >= 0.3 is 7.60 Å². The molecule has 2 unspecified atom stereocenters. The van der Waals surface area contributed by atoms with Crippen molar-refractivity contribution in [3.05, 3.63) is 12.2 Å². The number of quaternary nitrogens is 1. The summed E-state index contributed by atoms with van der Waals surface area (Å²) < 4.78 is 18.3. The van der Waals surface area contributed by atoms with Gasteiger partial charge in [-0.05, 0) is 32.1 Å². The first kappa shape index (κ1) is 26.9. The van der Waals surface area contributed by atoms with Gasteiger partial charge in [-0.15, -0.1) is 0 Å². The molecule has 0 saturated carbocycles. The molecule has 27 heavy (non-hydrogen) atoms. The molecule has 162 valence electrons. The molecule has 0 aromatic rings. The molecule has 0 aliphatic carbocycles. The lowest BCUT2D eigenvalue weighted by atomic mass is 10.1. The van der Waals surface area contributed by atoms with Crippen LogP contribution in [0.1, 0.15) is 97.3 Å². The van der Waals surface area contributed by atoms with Crippen molar-refractivity contribution in [3.8, 4) is 0 Å². The molecule has 0 aromatic carbocycles. The van der Waals surface area contributed by atoms with E-state index in [1.54, 1.807) is 0 Å². The van der Waals surface area contributed by atoms with E-state index in [4.69, 9.17) is 4.52 Å². The lowest BCUT2D eigenvalue weighted by Gasteiger charge is -2.35. The van der Waals surface area contributed by atoms with E-state index < -0.39 is 7.60 Å². The van der Waals surface area contributed by atoms with Gasteiger partial charge in [0.2, 0.25) is 0 Å². The third-order valence-corrected chi connectivity index (χ3v) is 7.43. The van der Waals surface area contributed by atoms with Gasteiger partial charge in [-0.2, -0.15) is 0 Å². The highest BCUT2D eigenvalue weighted by Gasteiger charge is 2.41. The Morgan fingerprint density at radius 3 is 1.81 bits per heavy atom. The topological polar surface area (TPSA) is 46.5 Å². The molecule has 0 saturated heterocycles. The molecule has 0 aliphatic rings. The smallest absolute Gasteiger partial charge is 0.320 e. The molecular formula is C22H47NO3P+. The van der Waals surface area contributed by atoms with Gasteiger partial charge in [-0.25, -0.2) is 0 Å². The zero-order valence-corrected chi connectivity index (χ0v) is 19.7. The Hall–Kier alpha value is -0.150. The summed E-state index contributed by atoms with van der Waals surface area (Å²) in [5, 5.41) is 0. The van der Waals surface area contributed by atoms with E-state index in [0.717, 1.165) is 12.8 Å². The summed E-state index contributed by atoms with van der Waals surface area (Å²) in [5.41, 5.74) is 0. The fourth-order valence-corrected chi connectivity index (χ4v) is 5.39. The predicted octanol–water partition coefficient (Wildman–Crippen LogP) is 6.89. The molecule has 4 nitrogen and oxygen atoms in total. The number of unbranched alkanes of at least 4 members (excludes halogenated alkanes) is 10. The summed E-state index contributed by atoms with van der Waals surface area (Å²) in [4.78, 5) is 10.2. The van der Waals surface area contributed by atoms with E-state index in [0.29, 0.717) is 17.5 Å². The number of rotatable bonds is 18. The minimum Gasteiger partial charge on any atom is -0.320 e. The number of hydrogen-bond acceptors (Lipinski definition) is 2. The third kappa shape index (κ3) is 14.5. The highest BCUT2D eigenvalue weighted by atomic mass is 31.2. The van der Waals surface area contributed by atoms with Gasteiger partial charge in [-0.1, -0.05) is 70.9 Å². The van der Waals surface area contributed by atoms with Crippen molar-refractivity contribution in [3.63, 3.8) is 0 Å². The number of allylic oxidation sites excluding steroid dienone is 2. The second-order valence-electron chi connectivity index (χ2n) is 8.63. The molecule has 0 heterocycles. The van der Waals surface area contributed by atoms with Crippen LogP contribution in [0, 0.1) is 0 Å². The van der Waals surface area contributed by atoms with Gasteiger partial charge in [0.25, 0.3) is 0 Å². The second-order valence-corrected chi connectivity index (χ2v) is 10.6. The maximum atomic E-state index is 12.4. The first-order valence-corrected chi connectivity index (χ1v) is 12.8. The molecule has 0 amide bonds. The molecule has 5 heteroatoms. The predicted molar refractivity (Wildman–Crippen MR) is 118 cm³/mol. The van der Waals surface area contributed by atoms with Gasteiger partial charge in [0, 0.05) is 6.42 Å². The highest BCUT2D eigenvalue weighted by Crippen LogP contribution is 2.51. The zero-order valence-electron chi connectivity index (χ0n) is 18.8. The first-order valence-electron chi connectivity index (χ1n) is 11.2. The Labute approximate surface area is 169 Å². The maximum absolute atomic E-state index is 12.4. The summed E-state index contributed by atoms with van der Waals surface area (Å²) in [6.45, 7) is 4.59. The van der Waals surface area contributed by atoms with Crippen molar-refractivity contribution < 1.29 is 18.5 Å². The van der Waals surface area contributed by atoms with Gasteiger partial charge < -0.3 is 13.9 Å². The molecule has 0 fully saturated rings. The van der Waals surface area contributed by atoms with Crippen LogP contribution in [-0.4, -0.2) is 42.9 Å². The largest absolute Gasteiger partial charge is 0.385 e. The molecule has 0 radical (unpaired) electrons. The van der Waals surface area contributed by atoms with E-state index in [9.17, 15) is 9.46 Å². The van der Waals surface area contributed by atoms with Gasteiger partial charge in [0.1, 0.15) is 0 Å². The van der Waals surface area contributed by atoms with Crippen LogP contribution in [0.5, 0.6) is 0 Å². The Balaban J connectivity index is 3.60. The maximum Gasteiger partial charge on any atom is 0.385 e. The average molecular weight is 405 g/mol. The average Bonchev–Trinajstić information content (AvgIpc) is 2.57. The van der Waals surface area contributed by atoms with Crippen LogP contribution in [0.3, 0.4) is 0 Å². The second kappa shape index (κ2) is 15.7. The normalized spacial score (nSPS) is 15.9.